The average Bonchev–Trinajstić information content (AvgIpc) is 3.52. The number of esters is 1. The van der Waals surface area contributed by atoms with Gasteiger partial charge in [-0.15, -0.1) is 0 Å². The normalized spacial score (nSPS) is 14.1. The first-order valence-corrected chi connectivity index (χ1v) is 8.83. The van der Waals surface area contributed by atoms with E-state index < -0.39 is 12.1 Å². The molecular weight excluding hydrogens is 344 g/mol. The van der Waals surface area contributed by atoms with Gasteiger partial charge in [-0.2, -0.15) is 0 Å². The van der Waals surface area contributed by atoms with Crippen LogP contribution in [0.2, 0.25) is 0 Å². The highest BCUT2D eigenvalue weighted by Gasteiger charge is 2.30. The number of likely N-dealkylation sites (N-methyl/N-ethyl adjacent to an activating group) is 1. The average molecular weight is 366 g/mol. The zero-order chi connectivity index (χ0) is 19.4. The lowest BCUT2D eigenvalue weighted by Gasteiger charge is -2.21. The first kappa shape index (κ1) is 18.6. The van der Waals surface area contributed by atoms with Crippen LogP contribution in [0.1, 0.15) is 34.9 Å². The van der Waals surface area contributed by atoms with Crippen molar-refractivity contribution in [1.29, 1.82) is 0 Å². The monoisotopic (exact) mass is 366 g/mol. The highest BCUT2D eigenvalue weighted by molar-refractivity contribution is 5.96. The third-order valence-electron chi connectivity index (χ3n) is 4.33. The summed E-state index contributed by atoms with van der Waals surface area (Å²) in [6.07, 6.45) is 0.844. The van der Waals surface area contributed by atoms with E-state index in [1.54, 1.807) is 62.6 Å². The van der Waals surface area contributed by atoms with Crippen molar-refractivity contribution in [1.82, 2.24) is 4.90 Å². The number of hydrogen-bond donors (Lipinski definition) is 1. The number of benzene rings is 2. The Kier molecular flexibility index (Phi) is 5.54. The number of hydrogen-bond acceptors (Lipinski definition) is 4. The van der Waals surface area contributed by atoms with Gasteiger partial charge >= 0.3 is 5.97 Å². The maximum atomic E-state index is 12.5. The maximum Gasteiger partial charge on any atom is 0.339 e. The van der Waals surface area contributed by atoms with Gasteiger partial charge in [0.05, 0.1) is 5.56 Å². The quantitative estimate of drug-likeness (QED) is 0.798. The number of ether oxygens (including phenoxy) is 1. The standard InChI is InChI=1S/C21H22N2O4/c1-23(2)20(25)18(14-6-4-3-5-7-14)27-21(26)16-10-12-17(13-11-16)22-19(24)15-8-9-15/h3-7,10-13,15,18H,8-9H2,1-2H3,(H,22,24). The van der Waals surface area contributed by atoms with Gasteiger partial charge in [-0.05, 0) is 37.1 Å². The fourth-order valence-corrected chi connectivity index (χ4v) is 2.58. The molecule has 1 atom stereocenters. The van der Waals surface area contributed by atoms with Crippen LogP contribution in [-0.2, 0) is 14.3 Å². The van der Waals surface area contributed by atoms with Crippen LogP contribution >= 0.6 is 0 Å². The minimum absolute atomic E-state index is 0.00560. The molecule has 1 fully saturated rings. The van der Waals surface area contributed by atoms with Crippen molar-refractivity contribution in [3.05, 3.63) is 65.7 Å². The number of nitrogens with zero attached hydrogens (tertiary/aromatic N) is 1. The van der Waals surface area contributed by atoms with Crippen molar-refractivity contribution in [3.63, 3.8) is 0 Å². The zero-order valence-corrected chi connectivity index (χ0v) is 15.3. The van der Waals surface area contributed by atoms with Crippen LogP contribution in [0, 0.1) is 5.92 Å². The van der Waals surface area contributed by atoms with E-state index in [0.717, 1.165) is 12.8 Å². The molecule has 2 amide bonds. The topological polar surface area (TPSA) is 75.7 Å². The van der Waals surface area contributed by atoms with E-state index in [0.29, 0.717) is 16.8 Å². The smallest absolute Gasteiger partial charge is 0.339 e. The van der Waals surface area contributed by atoms with Gasteiger partial charge in [-0.3, -0.25) is 9.59 Å². The van der Waals surface area contributed by atoms with E-state index in [2.05, 4.69) is 5.32 Å². The second-order valence-electron chi connectivity index (χ2n) is 6.77. The molecule has 2 aromatic carbocycles. The van der Waals surface area contributed by atoms with E-state index in [1.165, 1.54) is 4.90 Å². The molecule has 6 heteroatoms. The van der Waals surface area contributed by atoms with Crippen LogP contribution in [0.15, 0.2) is 54.6 Å². The van der Waals surface area contributed by atoms with Gasteiger partial charge in [0, 0.05) is 31.3 Å². The number of rotatable bonds is 6. The second-order valence-corrected chi connectivity index (χ2v) is 6.77. The molecule has 1 aliphatic rings. The summed E-state index contributed by atoms with van der Waals surface area (Å²) in [5.41, 5.74) is 1.55. The van der Waals surface area contributed by atoms with E-state index in [9.17, 15) is 14.4 Å². The van der Waals surface area contributed by atoms with Crippen LogP contribution in [0.4, 0.5) is 5.69 Å². The molecule has 1 unspecified atom stereocenters. The van der Waals surface area contributed by atoms with Crippen LogP contribution in [0.25, 0.3) is 0 Å². The van der Waals surface area contributed by atoms with E-state index in [4.69, 9.17) is 4.74 Å². The SMILES string of the molecule is CN(C)C(=O)C(OC(=O)c1ccc(NC(=O)C2CC2)cc1)c1ccccc1. The summed E-state index contributed by atoms with van der Waals surface area (Å²) in [6, 6.07) is 15.4. The van der Waals surface area contributed by atoms with Gasteiger partial charge in [0.1, 0.15) is 0 Å². The Hall–Kier alpha value is -3.15. The lowest BCUT2D eigenvalue weighted by molar-refractivity contribution is -0.138. The highest BCUT2D eigenvalue weighted by Crippen LogP contribution is 2.30. The van der Waals surface area contributed by atoms with Gasteiger partial charge < -0.3 is 15.0 Å². The van der Waals surface area contributed by atoms with Crippen molar-refractivity contribution in [3.8, 4) is 0 Å². The first-order chi connectivity index (χ1) is 13.0. The third kappa shape index (κ3) is 4.73. The largest absolute Gasteiger partial charge is 0.444 e. The van der Waals surface area contributed by atoms with Gasteiger partial charge in [0.2, 0.25) is 12.0 Å². The third-order valence-corrected chi connectivity index (χ3v) is 4.33. The van der Waals surface area contributed by atoms with Gasteiger partial charge in [-0.1, -0.05) is 30.3 Å². The van der Waals surface area contributed by atoms with Gasteiger partial charge in [0.25, 0.3) is 5.91 Å². The molecule has 0 aromatic heterocycles. The summed E-state index contributed by atoms with van der Waals surface area (Å²) >= 11 is 0. The van der Waals surface area contributed by atoms with E-state index >= 15 is 0 Å². The Balaban J connectivity index is 1.71. The Labute approximate surface area is 158 Å². The summed E-state index contributed by atoms with van der Waals surface area (Å²) in [5.74, 6) is -0.800. The Bertz CT molecular complexity index is 827. The fraction of sp³-hybridized carbons (Fsp3) is 0.286. The first-order valence-electron chi connectivity index (χ1n) is 8.83. The molecule has 0 radical (unpaired) electrons. The summed E-state index contributed by atoms with van der Waals surface area (Å²) in [4.78, 5) is 38.2. The Morgan fingerprint density at radius 1 is 1.00 bits per heavy atom. The predicted octanol–water partition coefficient (Wildman–Crippen LogP) is 3.02. The number of amides is 2. The van der Waals surface area contributed by atoms with Gasteiger partial charge in [-0.25, -0.2) is 4.79 Å². The summed E-state index contributed by atoms with van der Waals surface area (Å²) in [7, 11) is 3.23. The minimum Gasteiger partial charge on any atom is -0.444 e. The van der Waals surface area contributed by atoms with E-state index in [1.807, 2.05) is 6.07 Å². The summed E-state index contributed by atoms with van der Waals surface area (Å²) in [5, 5.41) is 2.82. The van der Waals surface area contributed by atoms with Crippen molar-refractivity contribution in [2.75, 3.05) is 19.4 Å². The number of carbonyl (C=O) groups excluding carboxylic acids is 3. The molecule has 0 heterocycles. The predicted molar refractivity (Wildman–Crippen MR) is 101 cm³/mol. The van der Waals surface area contributed by atoms with Crippen molar-refractivity contribution in [2.45, 2.75) is 18.9 Å². The molecule has 1 aliphatic carbocycles. The van der Waals surface area contributed by atoms with Crippen LogP contribution in [-0.4, -0.2) is 36.8 Å². The Morgan fingerprint density at radius 2 is 1.63 bits per heavy atom. The minimum atomic E-state index is -1.01. The summed E-state index contributed by atoms with van der Waals surface area (Å²) in [6.45, 7) is 0. The van der Waals surface area contributed by atoms with E-state index in [-0.39, 0.29) is 17.7 Å². The number of nitrogens with one attached hydrogen (secondary N) is 1. The van der Waals surface area contributed by atoms with Crippen LogP contribution in [0.3, 0.4) is 0 Å². The van der Waals surface area contributed by atoms with Crippen LogP contribution < -0.4 is 5.32 Å². The Morgan fingerprint density at radius 3 is 2.19 bits per heavy atom. The van der Waals surface area contributed by atoms with Crippen molar-refractivity contribution < 1.29 is 19.1 Å². The van der Waals surface area contributed by atoms with Crippen molar-refractivity contribution >= 4 is 23.5 Å². The number of carbonyl (C=O) groups is 3. The lowest BCUT2D eigenvalue weighted by atomic mass is 10.1. The molecular formula is C21H22N2O4. The lowest BCUT2D eigenvalue weighted by Crippen LogP contribution is -2.31. The molecule has 6 nitrogen and oxygen atoms in total. The molecule has 3 rings (SSSR count). The molecule has 1 N–H and O–H groups in total. The highest BCUT2D eigenvalue weighted by atomic mass is 16.5. The molecule has 2 aromatic rings. The molecule has 27 heavy (non-hydrogen) atoms. The van der Waals surface area contributed by atoms with Crippen LogP contribution in [0.5, 0.6) is 0 Å². The molecule has 140 valence electrons. The summed E-state index contributed by atoms with van der Waals surface area (Å²) < 4.78 is 5.50. The molecule has 0 bridgehead atoms. The fourth-order valence-electron chi connectivity index (χ4n) is 2.58. The van der Waals surface area contributed by atoms with Gasteiger partial charge in [0.15, 0.2) is 0 Å². The number of anilines is 1. The van der Waals surface area contributed by atoms with Crippen molar-refractivity contribution in [2.24, 2.45) is 5.92 Å². The molecule has 1 saturated carbocycles. The zero-order valence-electron chi connectivity index (χ0n) is 15.3. The molecule has 0 saturated heterocycles. The maximum absolute atomic E-state index is 12.5. The molecule has 0 aliphatic heterocycles. The molecule has 0 spiro atoms. The second kappa shape index (κ2) is 8.03.